The second-order valence-electron chi connectivity index (χ2n) is 5.63. The van der Waals surface area contributed by atoms with E-state index < -0.39 is 0 Å². The lowest BCUT2D eigenvalue weighted by Crippen LogP contribution is -2.44. The zero-order chi connectivity index (χ0) is 13.8. The van der Waals surface area contributed by atoms with E-state index in [1.165, 1.54) is 6.07 Å². The van der Waals surface area contributed by atoms with E-state index in [1.807, 2.05) is 6.07 Å². The number of nitrogens with one attached hydrogen (secondary N) is 2. The molecule has 1 aromatic rings. The Hall–Kier alpha value is -0.640. The van der Waals surface area contributed by atoms with E-state index in [9.17, 15) is 4.39 Å². The lowest BCUT2D eigenvalue weighted by molar-refractivity contribution is 0.387. The van der Waals surface area contributed by atoms with Gasteiger partial charge in [-0.05, 0) is 39.3 Å². The molecule has 1 rings (SSSR count). The Morgan fingerprint density at radius 2 is 2.00 bits per heavy atom. The molecule has 0 bridgehead atoms. The average molecular weight is 273 g/mol. The number of benzene rings is 1. The van der Waals surface area contributed by atoms with Crippen LogP contribution in [0.15, 0.2) is 18.2 Å². The highest BCUT2D eigenvalue weighted by Gasteiger charge is 2.11. The Bertz CT molecular complexity index is 388. The van der Waals surface area contributed by atoms with E-state index in [0.717, 1.165) is 12.1 Å². The van der Waals surface area contributed by atoms with Crippen LogP contribution < -0.4 is 10.6 Å². The molecule has 0 saturated heterocycles. The Balaban J connectivity index is 2.43. The minimum Gasteiger partial charge on any atom is -0.311 e. The summed E-state index contributed by atoms with van der Waals surface area (Å²) < 4.78 is 13.2. The van der Waals surface area contributed by atoms with Crippen LogP contribution in [0.1, 0.15) is 33.3 Å². The molecule has 2 nitrogen and oxygen atoms in total. The van der Waals surface area contributed by atoms with Crippen LogP contribution in [-0.2, 0) is 6.54 Å². The van der Waals surface area contributed by atoms with Gasteiger partial charge in [0.1, 0.15) is 5.82 Å². The summed E-state index contributed by atoms with van der Waals surface area (Å²) in [6, 6.07) is 5.18. The zero-order valence-electron chi connectivity index (χ0n) is 11.5. The number of hydrogen-bond acceptors (Lipinski definition) is 2. The van der Waals surface area contributed by atoms with Gasteiger partial charge in [-0.3, -0.25) is 0 Å². The first-order valence-electron chi connectivity index (χ1n) is 6.21. The molecule has 1 aromatic carbocycles. The maximum Gasteiger partial charge on any atom is 0.142 e. The second kappa shape index (κ2) is 6.50. The molecule has 0 heterocycles. The van der Waals surface area contributed by atoms with Gasteiger partial charge in [0.2, 0.25) is 0 Å². The Morgan fingerprint density at radius 1 is 1.33 bits per heavy atom. The van der Waals surface area contributed by atoms with E-state index in [1.54, 1.807) is 6.07 Å². The van der Waals surface area contributed by atoms with Crippen LogP contribution in [0.25, 0.3) is 0 Å². The third kappa shape index (κ3) is 5.34. The van der Waals surface area contributed by atoms with Crippen LogP contribution in [0.4, 0.5) is 4.39 Å². The zero-order valence-corrected chi connectivity index (χ0v) is 12.2. The molecule has 0 fully saturated rings. The monoisotopic (exact) mass is 272 g/mol. The Morgan fingerprint density at radius 3 is 2.61 bits per heavy atom. The number of hydrogen-bond donors (Lipinski definition) is 2. The molecule has 0 aliphatic rings. The molecule has 1 unspecified atom stereocenters. The van der Waals surface area contributed by atoms with Gasteiger partial charge in [-0.1, -0.05) is 23.7 Å². The maximum atomic E-state index is 13.2. The minimum atomic E-state index is -0.364. The van der Waals surface area contributed by atoms with Crippen molar-refractivity contribution in [2.45, 2.75) is 45.8 Å². The van der Waals surface area contributed by atoms with E-state index in [-0.39, 0.29) is 16.4 Å². The first kappa shape index (κ1) is 15.4. The largest absolute Gasteiger partial charge is 0.311 e. The minimum absolute atomic E-state index is 0.104. The molecule has 0 radical (unpaired) electrons. The van der Waals surface area contributed by atoms with Gasteiger partial charge < -0.3 is 10.6 Å². The van der Waals surface area contributed by atoms with Crippen molar-refractivity contribution in [1.29, 1.82) is 0 Å². The molecule has 0 aliphatic carbocycles. The third-order valence-corrected chi connectivity index (χ3v) is 3.03. The van der Waals surface area contributed by atoms with E-state index in [0.29, 0.717) is 12.6 Å². The van der Waals surface area contributed by atoms with Gasteiger partial charge in [0, 0.05) is 24.7 Å². The molecule has 0 amide bonds. The summed E-state index contributed by atoms with van der Waals surface area (Å²) in [5, 5.41) is 6.95. The predicted octanol–water partition coefficient (Wildman–Crippen LogP) is 3.35. The lowest BCUT2D eigenvalue weighted by Gasteiger charge is -2.24. The fourth-order valence-electron chi connectivity index (χ4n) is 1.50. The smallest absolute Gasteiger partial charge is 0.142 e. The summed E-state index contributed by atoms with van der Waals surface area (Å²) in [5.74, 6) is -0.364. The summed E-state index contributed by atoms with van der Waals surface area (Å²) in [6.45, 7) is 9.90. The fourth-order valence-corrected chi connectivity index (χ4v) is 1.69. The van der Waals surface area contributed by atoms with Crippen LogP contribution in [0.2, 0.25) is 5.02 Å². The van der Waals surface area contributed by atoms with E-state index in [4.69, 9.17) is 11.6 Å². The topological polar surface area (TPSA) is 24.1 Å². The van der Waals surface area contributed by atoms with Crippen LogP contribution in [-0.4, -0.2) is 18.1 Å². The summed E-state index contributed by atoms with van der Waals surface area (Å²) in [6.07, 6.45) is 0. The van der Waals surface area contributed by atoms with Crippen LogP contribution in [0.3, 0.4) is 0 Å². The average Bonchev–Trinajstić information content (AvgIpc) is 2.27. The molecule has 0 spiro atoms. The van der Waals surface area contributed by atoms with Crippen LogP contribution in [0.5, 0.6) is 0 Å². The maximum absolute atomic E-state index is 13.2. The van der Waals surface area contributed by atoms with Crippen molar-refractivity contribution in [3.8, 4) is 0 Å². The van der Waals surface area contributed by atoms with Crippen molar-refractivity contribution < 1.29 is 4.39 Å². The molecule has 1 atom stereocenters. The van der Waals surface area contributed by atoms with Crippen molar-refractivity contribution in [3.63, 3.8) is 0 Å². The van der Waals surface area contributed by atoms with Gasteiger partial charge in [-0.15, -0.1) is 0 Å². The summed E-state index contributed by atoms with van der Waals surface area (Å²) >= 11 is 5.90. The Kier molecular flexibility index (Phi) is 5.57. The molecular formula is C14H22ClFN2. The fraction of sp³-hybridized carbons (Fsp3) is 0.571. The van der Waals surface area contributed by atoms with Crippen molar-refractivity contribution >= 4 is 11.6 Å². The molecular weight excluding hydrogens is 251 g/mol. The van der Waals surface area contributed by atoms with E-state index in [2.05, 4.69) is 38.3 Å². The molecule has 102 valence electrons. The molecule has 0 aromatic heterocycles. The molecule has 0 aliphatic heterocycles. The standard InChI is InChI=1S/C14H22ClFN2/c1-10(8-18-14(2,3)4)17-9-11-6-5-7-12(16)13(11)15/h5-7,10,17-18H,8-9H2,1-4H3. The normalized spacial score (nSPS) is 13.7. The SMILES string of the molecule is CC(CNC(C)(C)C)NCc1cccc(F)c1Cl. The summed E-state index contributed by atoms with van der Waals surface area (Å²) in [7, 11) is 0. The van der Waals surface area contributed by atoms with Gasteiger partial charge in [0.25, 0.3) is 0 Å². The quantitative estimate of drug-likeness (QED) is 0.859. The summed E-state index contributed by atoms with van der Waals surface area (Å²) in [4.78, 5) is 0. The Labute approximate surface area is 114 Å². The third-order valence-electron chi connectivity index (χ3n) is 2.61. The van der Waals surface area contributed by atoms with Crippen LogP contribution in [0, 0.1) is 5.82 Å². The van der Waals surface area contributed by atoms with Crippen molar-refractivity contribution in [3.05, 3.63) is 34.6 Å². The van der Waals surface area contributed by atoms with Crippen molar-refractivity contribution in [2.75, 3.05) is 6.54 Å². The first-order valence-corrected chi connectivity index (χ1v) is 6.58. The highest BCUT2D eigenvalue weighted by atomic mass is 35.5. The highest BCUT2D eigenvalue weighted by molar-refractivity contribution is 6.31. The number of rotatable bonds is 5. The van der Waals surface area contributed by atoms with Crippen molar-refractivity contribution in [1.82, 2.24) is 10.6 Å². The van der Waals surface area contributed by atoms with Gasteiger partial charge in [-0.2, -0.15) is 0 Å². The van der Waals surface area contributed by atoms with Gasteiger partial charge >= 0.3 is 0 Å². The van der Waals surface area contributed by atoms with Gasteiger partial charge in [-0.25, -0.2) is 4.39 Å². The predicted molar refractivity (Wildman–Crippen MR) is 75.5 cm³/mol. The van der Waals surface area contributed by atoms with Gasteiger partial charge in [0.05, 0.1) is 5.02 Å². The molecule has 4 heteroatoms. The van der Waals surface area contributed by atoms with Crippen LogP contribution >= 0.6 is 11.6 Å². The van der Waals surface area contributed by atoms with E-state index >= 15 is 0 Å². The molecule has 2 N–H and O–H groups in total. The molecule has 0 saturated carbocycles. The molecule has 18 heavy (non-hydrogen) atoms. The first-order chi connectivity index (χ1) is 8.29. The van der Waals surface area contributed by atoms with Gasteiger partial charge in [0.15, 0.2) is 0 Å². The number of halogens is 2. The van der Waals surface area contributed by atoms with Crippen molar-refractivity contribution in [2.24, 2.45) is 0 Å². The highest BCUT2D eigenvalue weighted by Crippen LogP contribution is 2.19. The summed E-state index contributed by atoms with van der Waals surface area (Å²) in [5.41, 5.74) is 0.895. The lowest BCUT2D eigenvalue weighted by atomic mass is 10.1. The second-order valence-corrected chi connectivity index (χ2v) is 6.00.